The number of sulfonamides is 1. The molecule has 1 aliphatic rings. The molecule has 0 aliphatic carbocycles. The standard InChI is InChI=1S/C44H51N7O5S2/c1-47(2)25-24-35(32-57-38-10-6-5-7-11-38)46-42-23-22-39(30-43(42)51(53)54)58(55,56)45-31-33-14-18-37(19-15-33)49-26-28-50(29-27-49)44(52)41-13-9-8-12-40(41)34-16-20-36(21-17-34)48(3)4/h5-23,30,35,45-46H,24-29,31-32H2,1-4H3/t35-/m1/s1. The van der Waals surface area contributed by atoms with Crippen LogP contribution in [0.4, 0.5) is 22.7 Å². The number of carbonyl (C=O) groups is 1. The van der Waals surface area contributed by atoms with Gasteiger partial charge in [-0.25, -0.2) is 13.1 Å². The minimum absolute atomic E-state index is 0.00735. The summed E-state index contributed by atoms with van der Waals surface area (Å²) in [6, 6.07) is 37.4. The second kappa shape index (κ2) is 19.4. The van der Waals surface area contributed by atoms with Crippen molar-refractivity contribution < 1.29 is 18.1 Å². The van der Waals surface area contributed by atoms with E-state index in [4.69, 9.17) is 0 Å². The Hall–Kier alpha value is -5.41. The molecule has 1 saturated heterocycles. The molecule has 0 unspecified atom stereocenters. The number of benzene rings is 5. The topological polar surface area (TPSA) is 131 Å². The van der Waals surface area contributed by atoms with Gasteiger partial charge in [0.1, 0.15) is 5.69 Å². The molecule has 1 fully saturated rings. The Morgan fingerprint density at radius 1 is 0.845 bits per heavy atom. The summed E-state index contributed by atoms with van der Waals surface area (Å²) in [6.45, 7) is 3.24. The summed E-state index contributed by atoms with van der Waals surface area (Å²) in [5.41, 5.74) is 5.37. The van der Waals surface area contributed by atoms with E-state index in [-0.39, 0.29) is 34.8 Å². The van der Waals surface area contributed by atoms with Crippen molar-refractivity contribution in [3.8, 4) is 11.1 Å². The van der Waals surface area contributed by atoms with Crippen LogP contribution in [-0.2, 0) is 16.6 Å². The number of nitro benzene ring substituents is 1. The van der Waals surface area contributed by atoms with Crippen LogP contribution in [0.1, 0.15) is 22.3 Å². The maximum Gasteiger partial charge on any atom is 0.293 e. The predicted octanol–water partition coefficient (Wildman–Crippen LogP) is 7.29. The molecule has 0 spiro atoms. The number of rotatable bonds is 17. The van der Waals surface area contributed by atoms with Gasteiger partial charge >= 0.3 is 0 Å². The van der Waals surface area contributed by atoms with Gasteiger partial charge in [-0.2, -0.15) is 0 Å². The lowest BCUT2D eigenvalue weighted by Crippen LogP contribution is -2.48. The molecule has 0 bridgehead atoms. The van der Waals surface area contributed by atoms with Gasteiger partial charge in [-0.3, -0.25) is 14.9 Å². The first kappa shape index (κ1) is 42.2. The molecule has 0 aromatic heterocycles. The van der Waals surface area contributed by atoms with Crippen molar-refractivity contribution in [1.82, 2.24) is 14.5 Å². The second-order valence-electron chi connectivity index (χ2n) is 14.8. The van der Waals surface area contributed by atoms with Crippen LogP contribution in [0, 0.1) is 10.1 Å². The molecule has 1 atom stereocenters. The highest BCUT2D eigenvalue weighted by Crippen LogP contribution is 2.31. The number of anilines is 3. The number of amides is 1. The number of nitrogens with zero attached hydrogens (tertiary/aromatic N) is 5. The van der Waals surface area contributed by atoms with Crippen molar-refractivity contribution in [3.05, 3.63) is 143 Å². The normalized spacial score (nSPS) is 13.7. The Morgan fingerprint density at radius 2 is 1.52 bits per heavy atom. The van der Waals surface area contributed by atoms with Crippen LogP contribution in [0.2, 0.25) is 0 Å². The van der Waals surface area contributed by atoms with Crippen LogP contribution in [0.15, 0.2) is 131 Å². The molecule has 0 radical (unpaired) electrons. The Labute approximate surface area is 346 Å². The Balaban J connectivity index is 1.04. The van der Waals surface area contributed by atoms with Crippen molar-refractivity contribution in [2.75, 3.05) is 81.8 Å². The van der Waals surface area contributed by atoms with Crippen LogP contribution in [0.25, 0.3) is 11.1 Å². The molecule has 6 rings (SSSR count). The van der Waals surface area contributed by atoms with Crippen LogP contribution in [0.5, 0.6) is 0 Å². The van der Waals surface area contributed by atoms with E-state index in [0.29, 0.717) is 37.5 Å². The summed E-state index contributed by atoms with van der Waals surface area (Å²) in [5, 5.41) is 15.5. The first-order valence-corrected chi connectivity index (χ1v) is 21.7. The molecule has 58 heavy (non-hydrogen) atoms. The lowest BCUT2D eigenvalue weighted by atomic mass is 9.98. The van der Waals surface area contributed by atoms with Crippen LogP contribution < -0.4 is 19.8 Å². The average Bonchev–Trinajstić information content (AvgIpc) is 3.24. The zero-order valence-electron chi connectivity index (χ0n) is 33.4. The molecule has 14 heteroatoms. The summed E-state index contributed by atoms with van der Waals surface area (Å²) < 4.78 is 29.4. The van der Waals surface area contributed by atoms with Crippen molar-refractivity contribution in [1.29, 1.82) is 0 Å². The smallest absolute Gasteiger partial charge is 0.293 e. The van der Waals surface area contributed by atoms with Gasteiger partial charge in [0.15, 0.2) is 0 Å². The third kappa shape index (κ3) is 11.0. The molecule has 304 valence electrons. The molecule has 0 saturated carbocycles. The largest absolute Gasteiger partial charge is 0.378 e. The van der Waals surface area contributed by atoms with E-state index in [9.17, 15) is 23.3 Å². The molecule has 1 amide bonds. The summed E-state index contributed by atoms with van der Waals surface area (Å²) in [6.07, 6.45) is 0.739. The fourth-order valence-electron chi connectivity index (χ4n) is 6.78. The molecule has 12 nitrogen and oxygen atoms in total. The summed E-state index contributed by atoms with van der Waals surface area (Å²) >= 11 is 1.66. The van der Waals surface area contributed by atoms with E-state index in [0.717, 1.165) is 52.0 Å². The highest BCUT2D eigenvalue weighted by atomic mass is 32.2. The quantitative estimate of drug-likeness (QED) is 0.0560. The number of thioether (sulfide) groups is 1. The molecule has 1 aliphatic heterocycles. The van der Waals surface area contributed by atoms with E-state index in [1.807, 2.05) is 129 Å². The van der Waals surface area contributed by atoms with Gasteiger partial charge in [-0.05, 0) is 98.3 Å². The minimum Gasteiger partial charge on any atom is -0.378 e. The highest BCUT2D eigenvalue weighted by Gasteiger charge is 2.26. The van der Waals surface area contributed by atoms with E-state index in [2.05, 4.69) is 32.0 Å². The number of carbonyl (C=O) groups excluding carboxylic acids is 1. The van der Waals surface area contributed by atoms with Gasteiger partial charge in [0, 0.05) is 86.5 Å². The Bertz CT molecular complexity index is 2260. The first-order chi connectivity index (χ1) is 27.9. The second-order valence-corrected chi connectivity index (χ2v) is 17.6. The van der Waals surface area contributed by atoms with Crippen LogP contribution >= 0.6 is 11.8 Å². The van der Waals surface area contributed by atoms with Crippen LogP contribution in [0.3, 0.4) is 0 Å². The molecule has 2 N–H and O–H groups in total. The maximum absolute atomic E-state index is 13.7. The number of nitrogens with one attached hydrogen (secondary N) is 2. The van der Waals surface area contributed by atoms with Crippen molar-refractivity contribution in [3.63, 3.8) is 0 Å². The van der Waals surface area contributed by atoms with Crippen molar-refractivity contribution >= 4 is 50.4 Å². The van der Waals surface area contributed by atoms with Crippen molar-refractivity contribution in [2.24, 2.45) is 0 Å². The fourth-order valence-corrected chi connectivity index (χ4v) is 8.81. The molecule has 1 heterocycles. The summed E-state index contributed by atoms with van der Waals surface area (Å²) in [4.78, 5) is 34.5. The predicted molar refractivity (Wildman–Crippen MR) is 236 cm³/mol. The molecular formula is C44H51N7O5S2. The maximum atomic E-state index is 13.7. The van der Waals surface area contributed by atoms with Gasteiger partial charge in [0.05, 0.1) is 9.82 Å². The number of hydrogen-bond acceptors (Lipinski definition) is 10. The summed E-state index contributed by atoms with van der Waals surface area (Å²) in [5.74, 6) is 0.682. The van der Waals surface area contributed by atoms with Crippen molar-refractivity contribution in [2.45, 2.75) is 28.8 Å². The fraction of sp³-hybridized carbons (Fsp3) is 0.295. The zero-order chi connectivity index (χ0) is 41.2. The van der Waals surface area contributed by atoms with Gasteiger partial charge < -0.3 is 24.9 Å². The van der Waals surface area contributed by atoms with Crippen LogP contribution in [-0.4, -0.2) is 102 Å². The number of hydrogen-bond donors (Lipinski definition) is 2. The number of piperazine rings is 1. The Kier molecular flexibility index (Phi) is 14.1. The third-order valence-electron chi connectivity index (χ3n) is 10.1. The molecule has 5 aromatic carbocycles. The Morgan fingerprint density at radius 3 is 2.17 bits per heavy atom. The average molecular weight is 822 g/mol. The minimum atomic E-state index is -4.06. The van der Waals surface area contributed by atoms with Gasteiger partial charge in [0.25, 0.3) is 11.6 Å². The highest BCUT2D eigenvalue weighted by molar-refractivity contribution is 7.99. The zero-order valence-corrected chi connectivity index (χ0v) is 35.0. The van der Waals surface area contributed by atoms with Gasteiger partial charge in [0.2, 0.25) is 10.0 Å². The van der Waals surface area contributed by atoms with E-state index in [1.54, 1.807) is 11.8 Å². The van der Waals surface area contributed by atoms with E-state index in [1.165, 1.54) is 12.1 Å². The monoisotopic (exact) mass is 821 g/mol. The SMILES string of the molecule is CN(C)CC[C@H](CSc1ccccc1)Nc1ccc(S(=O)(=O)NCc2ccc(N3CCN(C(=O)c4ccccc4-c4ccc(N(C)C)cc4)CC3)cc2)cc1[N+](=O)[O-]. The van der Waals surface area contributed by atoms with Gasteiger partial charge in [-0.1, -0.05) is 60.7 Å². The lowest BCUT2D eigenvalue weighted by Gasteiger charge is -2.36. The summed E-state index contributed by atoms with van der Waals surface area (Å²) in [7, 11) is 3.89. The molecule has 5 aromatic rings. The first-order valence-electron chi connectivity index (χ1n) is 19.2. The number of nitro groups is 1. The third-order valence-corrected chi connectivity index (χ3v) is 12.7. The van der Waals surface area contributed by atoms with Gasteiger partial charge in [-0.15, -0.1) is 11.8 Å². The van der Waals surface area contributed by atoms with E-state index < -0.39 is 14.9 Å². The lowest BCUT2D eigenvalue weighted by molar-refractivity contribution is -0.384. The van der Waals surface area contributed by atoms with E-state index >= 15 is 0 Å². The molecular weight excluding hydrogens is 771 g/mol.